The Morgan fingerprint density at radius 1 is 1.30 bits per heavy atom. The fraction of sp³-hybridized carbons (Fsp3) is 0.556. The highest BCUT2D eigenvalue weighted by Crippen LogP contribution is 2.23. The van der Waals surface area contributed by atoms with E-state index in [2.05, 4.69) is 0 Å². The zero-order valence-corrected chi connectivity index (χ0v) is 14.9. The molecule has 0 spiro atoms. The molecule has 0 saturated carbocycles. The monoisotopic (exact) mass is 335 g/mol. The second-order valence-corrected chi connectivity index (χ2v) is 7.01. The summed E-state index contributed by atoms with van der Waals surface area (Å²) in [6.45, 7) is 5.14. The van der Waals surface area contributed by atoms with Gasteiger partial charge in [0, 0.05) is 29.5 Å². The Balaban J connectivity index is 1.96. The van der Waals surface area contributed by atoms with Crippen molar-refractivity contribution in [3.8, 4) is 0 Å². The zero-order chi connectivity index (χ0) is 16.8. The van der Waals surface area contributed by atoms with Crippen molar-refractivity contribution in [3.05, 3.63) is 29.8 Å². The van der Waals surface area contributed by atoms with Crippen molar-refractivity contribution >= 4 is 23.5 Å². The molecule has 1 atom stereocenters. The average Bonchev–Trinajstić information content (AvgIpc) is 2.59. The van der Waals surface area contributed by atoms with Crippen LogP contribution in [0.2, 0.25) is 0 Å². The number of rotatable bonds is 6. The van der Waals surface area contributed by atoms with E-state index in [0.29, 0.717) is 6.54 Å². The average molecular weight is 335 g/mol. The Hall–Kier alpha value is -1.33. The number of ether oxygens (including phenoxy) is 1. The van der Waals surface area contributed by atoms with Crippen LogP contribution in [0.25, 0.3) is 0 Å². The van der Waals surface area contributed by atoms with E-state index in [1.54, 1.807) is 16.7 Å². The lowest BCUT2D eigenvalue weighted by Crippen LogP contribution is -2.44. The van der Waals surface area contributed by atoms with E-state index in [-0.39, 0.29) is 30.3 Å². The third kappa shape index (κ3) is 5.08. The van der Waals surface area contributed by atoms with Crippen molar-refractivity contribution in [1.82, 2.24) is 4.90 Å². The Morgan fingerprint density at radius 3 is 2.61 bits per heavy atom. The van der Waals surface area contributed by atoms with Gasteiger partial charge >= 0.3 is 0 Å². The van der Waals surface area contributed by atoms with Gasteiger partial charge in [0.1, 0.15) is 6.61 Å². The molecule has 2 rings (SSSR count). The molecular weight excluding hydrogens is 310 g/mol. The van der Waals surface area contributed by atoms with Crippen LogP contribution in [0.3, 0.4) is 0 Å². The maximum absolute atomic E-state index is 12.7. The van der Waals surface area contributed by atoms with Gasteiger partial charge in [0.05, 0.1) is 6.10 Å². The molecule has 0 radical (unpaired) electrons. The molecular formula is C18H25NO3S. The molecule has 0 bridgehead atoms. The van der Waals surface area contributed by atoms with Crippen LogP contribution in [0.5, 0.6) is 0 Å². The summed E-state index contributed by atoms with van der Waals surface area (Å²) in [5, 5.41) is 0. The highest BCUT2D eigenvalue weighted by atomic mass is 32.2. The molecule has 0 aliphatic carbocycles. The minimum Gasteiger partial charge on any atom is -0.369 e. The fourth-order valence-corrected chi connectivity index (χ4v) is 3.15. The van der Waals surface area contributed by atoms with Gasteiger partial charge in [-0.25, -0.2) is 0 Å². The fourth-order valence-electron chi connectivity index (χ4n) is 2.74. The molecule has 5 heteroatoms. The first-order valence-electron chi connectivity index (χ1n) is 8.09. The quantitative estimate of drug-likeness (QED) is 0.591. The number of benzene rings is 1. The number of hydrogen-bond donors (Lipinski definition) is 0. The molecule has 23 heavy (non-hydrogen) atoms. The number of likely N-dealkylation sites (tertiary alicyclic amines) is 1. The highest BCUT2D eigenvalue weighted by Gasteiger charge is 2.29. The molecule has 1 aromatic carbocycles. The van der Waals surface area contributed by atoms with Gasteiger partial charge in [0.2, 0.25) is 5.91 Å². The molecule has 1 amide bonds. The van der Waals surface area contributed by atoms with Crippen LogP contribution in [0.15, 0.2) is 29.2 Å². The maximum Gasteiger partial charge on any atom is 0.248 e. The number of carbonyl (C=O) groups excluding carboxylic acids is 2. The summed E-state index contributed by atoms with van der Waals surface area (Å²) in [4.78, 5) is 27.7. The van der Waals surface area contributed by atoms with Crippen molar-refractivity contribution in [3.63, 3.8) is 0 Å². The summed E-state index contributed by atoms with van der Waals surface area (Å²) in [7, 11) is 0. The van der Waals surface area contributed by atoms with Crippen molar-refractivity contribution in [2.45, 2.75) is 37.7 Å². The molecule has 1 fully saturated rings. The molecule has 0 N–H and O–H groups in total. The lowest BCUT2D eigenvalue weighted by Gasteiger charge is -2.32. The number of thioether (sulfide) groups is 1. The van der Waals surface area contributed by atoms with E-state index in [1.165, 1.54) is 0 Å². The maximum atomic E-state index is 12.7. The van der Waals surface area contributed by atoms with E-state index in [0.717, 1.165) is 29.8 Å². The first-order valence-corrected chi connectivity index (χ1v) is 9.31. The van der Waals surface area contributed by atoms with Crippen molar-refractivity contribution in [2.75, 3.05) is 26.0 Å². The van der Waals surface area contributed by atoms with Crippen molar-refractivity contribution in [2.24, 2.45) is 5.92 Å². The third-order valence-corrected chi connectivity index (χ3v) is 4.80. The van der Waals surface area contributed by atoms with Crippen molar-refractivity contribution in [1.29, 1.82) is 0 Å². The first kappa shape index (κ1) is 18.0. The van der Waals surface area contributed by atoms with Crippen LogP contribution in [0.1, 0.15) is 37.0 Å². The molecule has 4 nitrogen and oxygen atoms in total. The molecule has 1 aliphatic rings. The molecule has 1 heterocycles. The minimum atomic E-state index is -0.105. The largest absolute Gasteiger partial charge is 0.369 e. The Morgan fingerprint density at radius 2 is 2.00 bits per heavy atom. The van der Waals surface area contributed by atoms with Gasteiger partial charge in [0.25, 0.3) is 0 Å². The minimum absolute atomic E-state index is 0.0195. The molecule has 126 valence electrons. The molecule has 1 aliphatic heterocycles. The van der Waals surface area contributed by atoms with E-state index in [4.69, 9.17) is 4.74 Å². The third-order valence-electron chi connectivity index (χ3n) is 4.06. The Kier molecular flexibility index (Phi) is 6.66. The van der Waals surface area contributed by atoms with Crippen molar-refractivity contribution < 1.29 is 14.3 Å². The summed E-state index contributed by atoms with van der Waals surface area (Å²) >= 11 is 1.66. The normalized spacial score (nSPS) is 18.3. The second-order valence-electron chi connectivity index (χ2n) is 6.13. The van der Waals surface area contributed by atoms with Gasteiger partial charge < -0.3 is 9.64 Å². The van der Waals surface area contributed by atoms with E-state index in [9.17, 15) is 9.59 Å². The summed E-state index contributed by atoms with van der Waals surface area (Å²) in [5.41, 5.74) is 0.737. The highest BCUT2D eigenvalue weighted by molar-refractivity contribution is 7.98. The van der Waals surface area contributed by atoms with E-state index in [1.807, 2.05) is 44.4 Å². The summed E-state index contributed by atoms with van der Waals surface area (Å²) in [5.74, 6) is 0.0146. The zero-order valence-electron chi connectivity index (χ0n) is 14.1. The number of amides is 1. The van der Waals surface area contributed by atoms with E-state index < -0.39 is 0 Å². The molecule has 1 saturated heterocycles. The predicted octanol–water partition coefficient (Wildman–Crippen LogP) is 3.25. The Labute approximate surface area is 142 Å². The lowest BCUT2D eigenvalue weighted by molar-refractivity contribution is -0.139. The summed E-state index contributed by atoms with van der Waals surface area (Å²) < 4.78 is 5.38. The summed E-state index contributed by atoms with van der Waals surface area (Å²) in [6.07, 6.45) is 3.77. The summed E-state index contributed by atoms with van der Waals surface area (Å²) in [6, 6.07) is 7.72. The smallest absolute Gasteiger partial charge is 0.248 e. The van der Waals surface area contributed by atoms with Gasteiger partial charge in [-0.3, -0.25) is 9.59 Å². The van der Waals surface area contributed by atoms with Gasteiger partial charge in [-0.1, -0.05) is 12.1 Å². The van der Waals surface area contributed by atoms with Crippen LogP contribution >= 0.6 is 11.8 Å². The number of carbonyl (C=O) groups is 2. The van der Waals surface area contributed by atoms with E-state index >= 15 is 0 Å². The van der Waals surface area contributed by atoms with Crippen LogP contribution in [0.4, 0.5) is 0 Å². The standard InChI is InChI=1S/C18H25NO3S/c1-13(2)22-12-17(20)19-10-4-5-15(11-19)18(21)14-6-8-16(23-3)9-7-14/h6-9,13,15H,4-5,10-12H2,1-3H3/t15-/m1/s1. The predicted molar refractivity (Wildman–Crippen MR) is 92.9 cm³/mol. The van der Waals surface area contributed by atoms with Gasteiger partial charge in [-0.2, -0.15) is 0 Å². The first-order chi connectivity index (χ1) is 11.0. The number of piperidine rings is 1. The number of ketones is 1. The van der Waals surface area contributed by atoms with Crippen LogP contribution < -0.4 is 0 Å². The number of hydrogen-bond acceptors (Lipinski definition) is 4. The molecule has 1 aromatic rings. The van der Waals surface area contributed by atoms with Gasteiger partial charge in [-0.15, -0.1) is 11.8 Å². The van der Waals surface area contributed by atoms with Crippen LogP contribution in [-0.2, 0) is 9.53 Å². The lowest BCUT2D eigenvalue weighted by atomic mass is 9.90. The molecule has 0 unspecified atom stereocenters. The SMILES string of the molecule is CSc1ccc(C(=O)[C@@H]2CCCN(C(=O)COC(C)C)C2)cc1. The van der Waals surface area contributed by atoms with Crippen LogP contribution in [0, 0.1) is 5.92 Å². The Bertz CT molecular complexity index is 542. The van der Waals surface area contributed by atoms with Crippen LogP contribution in [-0.4, -0.2) is 48.6 Å². The number of Topliss-reactive ketones (excluding diaryl/α,β-unsaturated/α-hetero) is 1. The number of nitrogens with zero attached hydrogens (tertiary/aromatic N) is 1. The van der Waals surface area contributed by atoms with Gasteiger partial charge in [0.15, 0.2) is 5.78 Å². The van der Waals surface area contributed by atoms with Gasteiger partial charge in [-0.05, 0) is 45.1 Å². The topological polar surface area (TPSA) is 46.6 Å². The second kappa shape index (κ2) is 8.50. The molecule has 0 aromatic heterocycles.